The molecule has 0 aliphatic heterocycles. The smallest absolute Gasteiger partial charge is 0.203 e. The molecule has 0 saturated heterocycles. The average molecular weight is 472 g/mol. The van der Waals surface area contributed by atoms with Crippen molar-refractivity contribution in [2.24, 2.45) is 5.10 Å². The lowest BCUT2D eigenvalue weighted by Crippen LogP contribution is -2.03. The van der Waals surface area contributed by atoms with E-state index < -0.39 is 0 Å². The lowest BCUT2D eigenvalue weighted by Gasteiger charge is -2.16. The van der Waals surface area contributed by atoms with Crippen molar-refractivity contribution in [1.82, 2.24) is 4.98 Å². The zero-order valence-corrected chi connectivity index (χ0v) is 20.7. The number of methoxy groups -OCH3 is 1. The van der Waals surface area contributed by atoms with Gasteiger partial charge in [-0.25, -0.2) is 4.98 Å². The van der Waals surface area contributed by atoms with E-state index in [1.807, 2.05) is 53.9 Å². The Labute approximate surface area is 205 Å². The zero-order chi connectivity index (χ0) is 23.9. The first-order chi connectivity index (χ1) is 16.5. The van der Waals surface area contributed by atoms with E-state index in [-0.39, 0.29) is 0 Å². The van der Waals surface area contributed by atoms with Crippen molar-refractivity contribution in [2.75, 3.05) is 12.5 Å². The van der Waals surface area contributed by atoms with Gasteiger partial charge in [-0.1, -0.05) is 56.3 Å². The minimum Gasteiger partial charge on any atom is -0.496 e. The molecule has 34 heavy (non-hydrogen) atoms. The summed E-state index contributed by atoms with van der Waals surface area (Å²) < 4.78 is 11.8. The van der Waals surface area contributed by atoms with Crippen LogP contribution < -0.4 is 14.9 Å². The molecule has 0 unspecified atom stereocenters. The Hall–Kier alpha value is -3.64. The van der Waals surface area contributed by atoms with Crippen LogP contribution in [-0.2, 0) is 6.61 Å². The van der Waals surface area contributed by atoms with Gasteiger partial charge in [0.2, 0.25) is 5.13 Å². The van der Waals surface area contributed by atoms with Crippen molar-refractivity contribution >= 4 is 22.7 Å². The summed E-state index contributed by atoms with van der Waals surface area (Å²) in [5.74, 6) is 2.09. The summed E-state index contributed by atoms with van der Waals surface area (Å²) in [4.78, 5) is 4.60. The number of hydrogen-bond donors (Lipinski definition) is 1. The quantitative estimate of drug-likeness (QED) is 0.206. The van der Waals surface area contributed by atoms with Crippen LogP contribution in [0.1, 0.15) is 42.0 Å². The lowest BCUT2D eigenvalue weighted by molar-refractivity contribution is 0.292. The Kier molecular flexibility index (Phi) is 7.60. The fourth-order valence-corrected chi connectivity index (χ4v) is 4.29. The minimum atomic E-state index is 0.385. The van der Waals surface area contributed by atoms with Gasteiger partial charge in [0.15, 0.2) is 0 Å². The van der Waals surface area contributed by atoms with E-state index in [2.05, 4.69) is 54.5 Å². The molecule has 0 radical (unpaired) electrons. The van der Waals surface area contributed by atoms with Crippen molar-refractivity contribution in [2.45, 2.75) is 33.3 Å². The standard InChI is InChI=1S/C28H29N3O2S/c1-19(2)24-12-10-20(3)14-27(24)33-17-23-15-21(11-13-26(23)32-4)16-29-31-28-30-25(18-34-28)22-8-6-5-7-9-22/h5-16,18-19H,17H2,1-4H3,(H,30,31). The number of nitrogens with one attached hydrogen (secondary N) is 1. The monoisotopic (exact) mass is 471 g/mol. The van der Waals surface area contributed by atoms with E-state index in [0.717, 1.165) is 39.0 Å². The Morgan fingerprint density at radius 1 is 1.03 bits per heavy atom. The van der Waals surface area contributed by atoms with Gasteiger partial charge in [0.1, 0.15) is 18.1 Å². The first-order valence-corrected chi connectivity index (χ1v) is 12.1. The van der Waals surface area contributed by atoms with Gasteiger partial charge in [-0.15, -0.1) is 11.3 Å². The fourth-order valence-electron chi connectivity index (χ4n) is 3.62. The van der Waals surface area contributed by atoms with Crippen LogP contribution in [0.4, 0.5) is 5.13 Å². The van der Waals surface area contributed by atoms with Crippen LogP contribution in [-0.4, -0.2) is 18.3 Å². The number of nitrogens with zero attached hydrogens (tertiary/aromatic N) is 2. The molecule has 5 nitrogen and oxygen atoms in total. The summed E-state index contributed by atoms with van der Waals surface area (Å²) in [6.07, 6.45) is 1.78. The molecule has 0 spiro atoms. The Bertz CT molecular complexity index is 1270. The summed E-state index contributed by atoms with van der Waals surface area (Å²) in [6, 6.07) is 22.4. The van der Waals surface area contributed by atoms with Gasteiger partial charge in [0.05, 0.1) is 19.0 Å². The second-order valence-electron chi connectivity index (χ2n) is 8.33. The number of aromatic nitrogens is 1. The normalized spacial score (nSPS) is 11.2. The van der Waals surface area contributed by atoms with Crippen molar-refractivity contribution in [3.8, 4) is 22.8 Å². The van der Waals surface area contributed by atoms with Crippen molar-refractivity contribution in [3.63, 3.8) is 0 Å². The number of rotatable bonds is 9. The summed E-state index contributed by atoms with van der Waals surface area (Å²) in [5.41, 5.74) is 9.33. The molecular weight excluding hydrogens is 442 g/mol. The van der Waals surface area contributed by atoms with Crippen molar-refractivity contribution in [3.05, 3.63) is 94.4 Å². The third kappa shape index (κ3) is 5.83. The van der Waals surface area contributed by atoms with Gasteiger partial charge in [-0.2, -0.15) is 5.10 Å². The molecule has 0 aliphatic carbocycles. The highest BCUT2D eigenvalue weighted by atomic mass is 32.1. The maximum atomic E-state index is 6.23. The average Bonchev–Trinajstić information content (AvgIpc) is 3.32. The van der Waals surface area contributed by atoms with E-state index in [9.17, 15) is 0 Å². The molecule has 6 heteroatoms. The molecule has 1 aromatic heterocycles. The molecule has 0 bridgehead atoms. The first-order valence-electron chi connectivity index (χ1n) is 11.2. The molecule has 0 aliphatic rings. The summed E-state index contributed by atoms with van der Waals surface area (Å²) in [7, 11) is 1.67. The van der Waals surface area contributed by atoms with Gasteiger partial charge in [0, 0.05) is 16.5 Å². The molecule has 174 valence electrons. The number of anilines is 1. The summed E-state index contributed by atoms with van der Waals surface area (Å²) in [5, 5.41) is 7.14. The second kappa shape index (κ2) is 11.0. The number of hydrogen-bond acceptors (Lipinski definition) is 6. The van der Waals surface area contributed by atoms with E-state index >= 15 is 0 Å². The van der Waals surface area contributed by atoms with Gasteiger partial charge < -0.3 is 9.47 Å². The molecule has 3 aromatic carbocycles. The number of hydrazone groups is 1. The maximum Gasteiger partial charge on any atom is 0.203 e. The Morgan fingerprint density at radius 3 is 2.62 bits per heavy atom. The maximum absolute atomic E-state index is 6.23. The molecule has 0 amide bonds. The predicted octanol–water partition coefficient (Wildman–Crippen LogP) is 7.28. The van der Waals surface area contributed by atoms with Crippen LogP contribution in [0.2, 0.25) is 0 Å². The molecule has 4 rings (SSSR count). The third-order valence-electron chi connectivity index (χ3n) is 5.43. The molecule has 0 saturated carbocycles. The Balaban J connectivity index is 1.45. The summed E-state index contributed by atoms with van der Waals surface area (Å²) in [6.45, 7) is 6.84. The first kappa shape index (κ1) is 23.5. The third-order valence-corrected chi connectivity index (χ3v) is 6.17. The van der Waals surface area contributed by atoms with Crippen LogP contribution in [0.5, 0.6) is 11.5 Å². The predicted molar refractivity (Wildman–Crippen MR) is 141 cm³/mol. The molecule has 4 aromatic rings. The molecule has 1 N–H and O–H groups in total. The Morgan fingerprint density at radius 2 is 1.85 bits per heavy atom. The molecule has 0 fully saturated rings. The van der Waals surface area contributed by atoms with Crippen LogP contribution >= 0.6 is 11.3 Å². The van der Waals surface area contributed by atoms with Crippen molar-refractivity contribution < 1.29 is 9.47 Å². The van der Waals surface area contributed by atoms with Gasteiger partial charge in [0.25, 0.3) is 0 Å². The van der Waals surface area contributed by atoms with Crippen LogP contribution in [0.15, 0.2) is 77.2 Å². The topological polar surface area (TPSA) is 55.7 Å². The fraction of sp³-hybridized carbons (Fsp3) is 0.214. The van der Waals surface area contributed by atoms with E-state index in [4.69, 9.17) is 9.47 Å². The second-order valence-corrected chi connectivity index (χ2v) is 9.19. The highest BCUT2D eigenvalue weighted by Gasteiger charge is 2.11. The number of ether oxygens (including phenoxy) is 2. The SMILES string of the molecule is COc1ccc(C=NNc2nc(-c3ccccc3)cs2)cc1COc1cc(C)ccc1C(C)C. The minimum absolute atomic E-state index is 0.385. The highest BCUT2D eigenvalue weighted by molar-refractivity contribution is 7.14. The number of benzene rings is 3. The van der Waals surface area contributed by atoms with E-state index in [0.29, 0.717) is 12.5 Å². The number of thiazole rings is 1. The van der Waals surface area contributed by atoms with Crippen LogP contribution in [0.25, 0.3) is 11.3 Å². The highest BCUT2D eigenvalue weighted by Crippen LogP contribution is 2.30. The number of aryl methyl sites for hydroxylation is 1. The van der Waals surface area contributed by atoms with Crippen LogP contribution in [0, 0.1) is 6.92 Å². The van der Waals surface area contributed by atoms with Gasteiger partial charge >= 0.3 is 0 Å². The molecule has 0 atom stereocenters. The molecule has 1 heterocycles. The van der Waals surface area contributed by atoms with Crippen molar-refractivity contribution in [1.29, 1.82) is 0 Å². The van der Waals surface area contributed by atoms with Gasteiger partial charge in [-0.3, -0.25) is 5.43 Å². The van der Waals surface area contributed by atoms with Crippen LogP contribution in [0.3, 0.4) is 0 Å². The summed E-state index contributed by atoms with van der Waals surface area (Å²) >= 11 is 1.52. The zero-order valence-electron chi connectivity index (χ0n) is 19.9. The molecular formula is C28H29N3O2S. The van der Waals surface area contributed by atoms with Gasteiger partial charge in [-0.05, 0) is 53.8 Å². The largest absolute Gasteiger partial charge is 0.496 e. The van der Waals surface area contributed by atoms with E-state index in [1.54, 1.807) is 13.3 Å². The lowest BCUT2D eigenvalue weighted by atomic mass is 10.0. The van der Waals surface area contributed by atoms with E-state index in [1.165, 1.54) is 22.5 Å².